The summed E-state index contributed by atoms with van der Waals surface area (Å²) in [6.45, 7) is 0. The largest absolute Gasteiger partial charge is 0.496 e. The average molecular weight is 422 g/mol. The summed E-state index contributed by atoms with van der Waals surface area (Å²) in [6.07, 6.45) is 1.79. The van der Waals surface area contributed by atoms with Gasteiger partial charge in [0.2, 0.25) is 0 Å². The summed E-state index contributed by atoms with van der Waals surface area (Å²) >= 11 is 6.55. The third-order valence-corrected chi connectivity index (χ3v) is 5.82. The summed E-state index contributed by atoms with van der Waals surface area (Å²) in [5, 5.41) is 12.9. The molecule has 1 amide bonds. The van der Waals surface area contributed by atoms with Crippen molar-refractivity contribution in [3.8, 4) is 5.75 Å². The maximum atomic E-state index is 13.0. The average Bonchev–Trinajstić information content (AvgIpc) is 3.01. The fourth-order valence-corrected chi connectivity index (χ4v) is 4.47. The zero-order valence-corrected chi connectivity index (χ0v) is 16.8. The molecule has 1 saturated heterocycles. The molecule has 8 heteroatoms. The van der Waals surface area contributed by atoms with Crippen molar-refractivity contribution in [2.45, 2.75) is 0 Å². The van der Waals surface area contributed by atoms with Crippen molar-refractivity contribution in [3.05, 3.63) is 81.2 Å². The molecule has 1 aliphatic heterocycles. The van der Waals surface area contributed by atoms with Gasteiger partial charge in [-0.05, 0) is 29.2 Å². The number of carbonyl (C=O) groups excluding carboxylic acids is 1. The van der Waals surface area contributed by atoms with E-state index in [0.717, 1.165) is 22.1 Å². The second-order valence-corrected chi connectivity index (χ2v) is 7.87. The van der Waals surface area contributed by atoms with Crippen molar-refractivity contribution in [2.75, 3.05) is 12.0 Å². The first-order chi connectivity index (χ1) is 14.0. The maximum Gasteiger partial charge on any atom is 0.271 e. The van der Waals surface area contributed by atoms with E-state index in [9.17, 15) is 14.9 Å². The van der Waals surface area contributed by atoms with Crippen molar-refractivity contribution >= 4 is 62.4 Å². The number of nitrogens with zero attached hydrogens (tertiary/aromatic N) is 2. The minimum atomic E-state index is -0.500. The van der Waals surface area contributed by atoms with Crippen LogP contribution in [0.15, 0.2) is 65.6 Å². The highest BCUT2D eigenvalue weighted by Gasteiger charge is 2.34. The van der Waals surface area contributed by atoms with E-state index in [-0.39, 0.29) is 11.6 Å². The van der Waals surface area contributed by atoms with Gasteiger partial charge in [0.25, 0.3) is 11.6 Å². The van der Waals surface area contributed by atoms with Crippen LogP contribution in [0.3, 0.4) is 0 Å². The quantitative estimate of drug-likeness (QED) is 0.250. The van der Waals surface area contributed by atoms with Crippen molar-refractivity contribution in [3.63, 3.8) is 0 Å². The van der Waals surface area contributed by atoms with Gasteiger partial charge in [-0.15, -0.1) is 0 Å². The molecule has 0 aliphatic carbocycles. The van der Waals surface area contributed by atoms with Crippen LogP contribution in [0, 0.1) is 10.1 Å². The zero-order valence-electron chi connectivity index (χ0n) is 15.2. The molecule has 1 heterocycles. The third kappa shape index (κ3) is 3.48. The number of nitro groups is 1. The Kier molecular flexibility index (Phi) is 5.04. The lowest BCUT2D eigenvalue weighted by atomic mass is 10.0. The summed E-state index contributed by atoms with van der Waals surface area (Å²) in [5.41, 5.74) is 1.15. The maximum absolute atomic E-state index is 13.0. The van der Waals surface area contributed by atoms with E-state index in [1.807, 2.05) is 36.4 Å². The fraction of sp³-hybridized carbons (Fsp3) is 0.0476. The normalized spacial score (nSPS) is 15.3. The van der Waals surface area contributed by atoms with Gasteiger partial charge >= 0.3 is 0 Å². The SMILES string of the molecule is COc1ccc(/C=C2\SC(=S)N(c3cccc([N+](=O)[O-])c3)C2=O)c2ccccc12. The topological polar surface area (TPSA) is 72.7 Å². The zero-order chi connectivity index (χ0) is 20.5. The van der Waals surface area contributed by atoms with Gasteiger partial charge in [-0.1, -0.05) is 60.4 Å². The highest BCUT2D eigenvalue weighted by atomic mass is 32.2. The first kappa shape index (κ1) is 19.1. The molecule has 0 spiro atoms. The molecule has 4 rings (SSSR count). The predicted octanol–water partition coefficient (Wildman–Crippen LogP) is 5.16. The number of hydrogen-bond donors (Lipinski definition) is 0. The van der Waals surface area contributed by atoms with Gasteiger partial charge in [0.05, 0.1) is 22.6 Å². The van der Waals surface area contributed by atoms with Crippen LogP contribution in [0.1, 0.15) is 5.56 Å². The molecule has 1 fully saturated rings. The van der Waals surface area contributed by atoms with E-state index in [2.05, 4.69) is 0 Å². The highest BCUT2D eigenvalue weighted by Crippen LogP contribution is 2.38. The molecule has 0 aromatic heterocycles. The van der Waals surface area contributed by atoms with E-state index in [4.69, 9.17) is 17.0 Å². The molecule has 6 nitrogen and oxygen atoms in total. The number of methoxy groups -OCH3 is 1. The number of fused-ring (bicyclic) bond motifs is 1. The van der Waals surface area contributed by atoms with Gasteiger partial charge in [-0.3, -0.25) is 19.8 Å². The summed E-state index contributed by atoms with van der Waals surface area (Å²) in [4.78, 5) is 25.4. The Morgan fingerprint density at radius 2 is 1.86 bits per heavy atom. The fourth-order valence-electron chi connectivity index (χ4n) is 3.18. The monoisotopic (exact) mass is 422 g/mol. The number of anilines is 1. The van der Waals surface area contributed by atoms with Crippen LogP contribution in [-0.4, -0.2) is 22.3 Å². The lowest BCUT2D eigenvalue weighted by molar-refractivity contribution is -0.384. The Hall–Kier alpha value is -3.23. The van der Waals surface area contributed by atoms with Crippen molar-refractivity contribution in [2.24, 2.45) is 0 Å². The number of non-ortho nitro benzene ring substituents is 1. The summed E-state index contributed by atoms with van der Waals surface area (Å²) in [6, 6.07) is 17.4. The Bertz CT molecular complexity index is 1210. The summed E-state index contributed by atoms with van der Waals surface area (Å²) in [5.74, 6) is 0.447. The molecule has 29 heavy (non-hydrogen) atoms. The summed E-state index contributed by atoms with van der Waals surface area (Å²) < 4.78 is 5.75. The molecule has 3 aromatic rings. The van der Waals surface area contributed by atoms with Gasteiger partial charge in [-0.25, -0.2) is 0 Å². The van der Waals surface area contributed by atoms with Gasteiger partial charge in [0.1, 0.15) is 5.75 Å². The van der Waals surface area contributed by atoms with E-state index < -0.39 is 4.92 Å². The molecule has 0 saturated carbocycles. The van der Waals surface area contributed by atoms with E-state index >= 15 is 0 Å². The third-order valence-electron chi connectivity index (χ3n) is 4.52. The number of nitro benzene ring substituents is 1. The highest BCUT2D eigenvalue weighted by molar-refractivity contribution is 8.27. The number of benzene rings is 3. The van der Waals surface area contributed by atoms with Crippen LogP contribution in [0.25, 0.3) is 16.8 Å². The number of ether oxygens (including phenoxy) is 1. The van der Waals surface area contributed by atoms with Gasteiger partial charge in [0.15, 0.2) is 4.32 Å². The van der Waals surface area contributed by atoms with Gasteiger partial charge in [0, 0.05) is 17.5 Å². The molecular formula is C21H14N2O4S2. The lowest BCUT2D eigenvalue weighted by Gasteiger charge is -2.14. The number of thioether (sulfide) groups is 1. The molecule has 0 atom stereocenters. The second-order valence-electron chi connectivity index (χ2n) is 6.20. The first-order valence-electron chi connectivity index (χ1n) is 8.58. The van der Waals surface area contributed by atoms with Crippen LogP contribution in [0.5, 0.6) is 5.75 Å². The van der Waals surface area contributed by atoms with Crippen molar-refractivity contribution < 1.29 is 14.5 Å². The van der Waals surface area contributed by atoms with Gasteiger partial charge in [-0.2, -0.15) is 0 Å². The van der Waals surface area contributed by atoms with E-state index in [1.54, 1.807) is 19.3 Å². The molecular weight excluding hydrogens is 408 g/mol. The lowest BCUT2D eigenvalue weighted by Crippen LogP contribution is -2.27. The van der Waals surface area contributed by atoms with Crippen LogP contribution in [0.2, 0.25) is 0 Å². The van der Waals surface area contributed by atoms with Crippen molar-refractivity contribution in [1.29, 1.82) is 0 Å². The number of amides is 1. The van der Waals surface area contributed by atoms with Crippen LogP contribution < -0.4 is 9.64 Å². The van der Waals surface area contributed by atoms with E-state index in [0.29, 0.717) is 14.9 Å². The second kappa shape index (κ2) is 7.65. The predicted molar refractivity (Wildman–Crippen MR) is 119 cm³/mol. The number of rotatable bonds is 4. The standard InChI is InChI=1S/C21H14N2O4S2/c1-27-18-10-9-13(16-7-2-3-8-17(16)18)11-19-20(24)22(21(28)29-19)14-5-4-6-15(12-14)23(25)26/h2-12H,1H3/b19-11-. The van der Waals surface area contributed by atoms with Crippen molar-refractivity contribution in [1.82, 2.24) is 0 Å². The summed E-state index contributed by atoms with van der Waals surface area (Å²) in [7, 11) is 1.62. The molecule has 0 bridgehead atoms. The minimum absolute atomic E-state index is 0.0957. The molecule has 1 aliphatic rings. The Balaban J connectivity index is 1.75. The molecule has 0 N–H and O–H groups in total. The Labute approximate surface area is 175 Å². The molecule has 0 radical (unpaired) electrons. The van der Waals surface area contributed by atoms with E-state index in [1.165, 1.54) is 34.9 Å². The number of hydrogen-bond acceptors (Lipinski definition) is 6. The van der Waals surface area contributed by atoms with Gasteiger partial charge < -0.3 is 4.74 Å². The van der Waals surface area contributed by atoms with Crippen LogP contribution in [0.4, 0.5) is 11.4 Å². The first-order valence-corrected chi connectivity index (χ1v) is 9.80. The number of thiocarbonyl (C=S) groups is 1. The van der Waals surface area contributed by atoms with Crippen LogP contribution in [-0.2, 0) is 4.79 Å². The smallest absolute Gasteiger partial charge is 0.271 e. The Morgan fingerprint density at radius 1 is 1.10 bits per heavy atom. The Morgan fingerprint density at radius 3 is 2.59 bits per heavy atom. The molecule has 0 unspecified atom stereocenters. The molecule has 144 valence electrons. The minimum Gasteiger partial charge on any atom is -0.496 e. The number of carbonyl (C=O) groups is 1. The molecule has 3 aromatic carbocycles. The van der Waals surface area contributed by atoms with Crippen LogP contribution >= 0.6 is 24.0 Å².